The quantitative estimate of drug-likeness (QED) is 0.849. The van der Waals surface area contributed by atoms with Gasteiger partial charge in [0.25, 0.3) is 0 Å². The average molecular weight is 222 g/mol. The second-order valence-electron chi connectivity index (χ2n) is 3.18. The highest BCUT2D eigenvalue weighted by Crippen LogP contribution is 2.25. The van der Waals surface area contributed by atoms with Crippen molar-refractivity contribution >= 4 is 11.6 Å². The summed E-state index contributed by atoms with van der Waals surface area (Å²) in [5.74, 6) is -1.45. The first-order valence-corrected chi connectivity index (χ1v) is 4.62. The van der Waals surface area contributed by atoms with E-state index >= 15 is 0 Å². The molecule has 0 aliphatic rings. The minimum Gasteiger partial charge on any atom is -0.494 e. The third-order valence-electron chi connectivity index (χ3n) is 2.01. The van der Waals surface area contributed by atoms with Gasteiger partial charge < -0.3 is 10.1 Å². The summed E-state index contributed by atoms with van der Waals surface area (Å²) in [6, 6.07) is 5.55. The van der Waals surface area contributed by atoms with Gasteiger partial charge in [-0.2, -0.15) is 5.26 Å². The van der Waals surface area contributed by atoms with Crippen molar-refractivity contribution in [2.24, 2.45) is 5.92 Å². The van der Waals surface area contributed by atoms with E-state index in [1.165, 1.54) is 26.2 Å². The van der Waals surface area contributed by atoms with Crippen LogP contribution >= 0.6 is 0 Å². The summed E-state index contributed by atoms with van der Waals surface area (Å²) in [4.78, 5) is 11.4. The fraction of sp³-hybridized carbons (Fsp3) is 0.273. The van der Waals surface area contributed by atoms with Crippen molar-refractivity contribution in [3.8, 4) is 11.8 Å². The van der Waals surface area contributed by atoms with Crippen LogP contribution in [0.15, 0.2) is 18.2 Å². The third kappa shape index (κ3) is 2.70. The Morgan fingerprint density at radius 3 is 2.88 bits per heavy atom. The molecular formula is C11H11FN2O2. The first-order chi connectivity index (χ1) is 7.58. The number of nitrogens with zero attached hydrogens (tertiary/aromatic N) is 1. The molecule has 1 atom stereocenters. The Bertz CT molecular complexity index is 440. The summed E-state index contributed by atoms with van der Waals surface area (Å²) in [5, 5.41) is 11.0. The second kappa shape index (κ2) is 5.12. The molecule has 0 aromatic heterocycles. The lowest BCUT2D eigenvalue weighted by atomic mass is 10.2. The fourth-order valence-electron chi connectivity index (χ4n) is 1.07. The Morgan fingerprint density at radius 2 is 2.31 bits per heavy atom. The number of methoxy groups -OCH3 is 1. The van der Waals surface area contributed by atoms with Gasteiger partial charge in [0.15, 0.2) is 0 Å². The van der Waals surface area contributed by atoms with Gasteiger partial charge in [0.2, 0.25) is 5.91 Å². The molecule has 0 fully saturated rings. The van der Waals surface area contributed by atoms with Gasteiger partial charge in [0, 0.05) is 6.07 Å². The molecule has 84 valence electrons. The highest BCUT2D eigenvalue weighted by atomic mass is 19.1. The second-order valence-corrected chi connectivity index (χ2v) is 3.18. The Kier molecular flexibility index (Phi) is 3.84. The van der Waals surface area contributed by atoms with E-state index in [0.717, 1.165) is 6.07 Å². The molecule has 0 aliphatic carbocycles. The zero-order valence-electron chi connectivity index (χ0n) is 8.95. The number of rotatable bonds is 3. The molecule has 0 spiro atoms. The summed E-state index contributed by atoms with van der Waals surface area (Å²) >= 11 is 0. The fourth-order valence-corrected chi connectivity index (χ4v) is 1.07. The lowest BCUT2D eigenvalue weighted by Gasteiger charge is -2.10. The number of ether oxygens (including phenoxy) is 1. The van der Waals surface area contributed by atoms with Gasteiger partial charge in [-0.15, -0.1) is 0 Å². The van der Waals surface area contributed by atoms with Crippen LogP contribution in [0.4, 0.5) is 10.1 Å². The van der Waals surface area contributed by atoms with E-state index in [1.807, 2.05) is 0 Å². The molecule has 1 N–H and O–H groups in total. The van der Waals surface area contributed by atoms with Crippen molar-refractivity contribution in [3.63, 3.8) is 0 Å². The van der Waals surface area contributed by atoms with Crippen LogP contribution in [0.25, 0.3) is 0 Å². The van der Waals surface area contributed by atoms with Gasteiger partial charge in [-0.25, -0.2) is 4.39 Å². The lowest BCUT2D eigenvalue weighted by Crippen LogP contribution is -2.19. The van der Waals surface area contributed by atoms with E-state index in [2.05, 4.69) is 5.32 Å². The molecule has 1 rings (SSSR count). The van der Waals surface area contributed by atoms with Gasteiger partial charge >= 0.3 is 0 Å². The molecule has 0 aliphatic heterocycles. The van der Waals surface area contributed by atoms with E-state index in [9.17, 15) is 9.18 Å². The smallest absolute Gasteiger partial charge is 0.241 e. The number of nitriles is 1. The van der Waals surface area contributed by atoms with Crippen LogP contribution in [0.3, 0.4) is 0 Å². The standard InChI is InChI=1S/C11H11FN2O2/c1-7(6-13)11(15)14-9-4-3-8(12)5-10(9)16-2/h3-5,7H,1-2H3,(H,14,15). The largest absolute Gasteiger partial charge is 0.494 e. The Balaban J connectivity index is 2.90. The van der Waals surface area contributed by atoms with E-state index in [-0.39, 0.29) is 5.75 Å². The van der Waals surface area contributed by atoms with Crippen LogP contribution in [0.1, 0.15) is 6.92 Å². The molecule has 1 amide bonds. The maximum Gasteiger partial charge on any atom is 0.241 e. The van der Waals surface area contributed by atoms with Crippen molar-refractivity contribution in [1.29, 1.82) is 5.26 Å². The molecule has 0 heterocycles. The maximum absolute atomic E-state index is 12.9. The predicted octanol–water partition coefficient (Wildman–Crippen LogP) is 1.93. The topological polar surface area (TPSA) is 62.1 Å². The number of anilines is 1. The predicted molar refractivity (Wildman–Crippen MR) is 56.4 cm³/mol. The first-order valence-electron chi connectivity index (χ1n) is 4.62. The van der Waals surface area contributed by atoms with E-state index in [4.69, 9.17) is 10.00 Å². The number of hydrogen-bond donors (Lipinski definition) is 1. The Hall–Kier alpha value is -2.09. The molecular weight excluding hydrogens is 211 g/mol. The number of amides is 1. The molecule has 0 bridgehead atoms. The summed E-state index contributed by atoms with van der Waals surface area (Å²) in [6.07, 6.45) is 0. The average Bonchev–Trinajstić information content (AvgIpc) is 2.30. The number of benzene rings is 1. The van der Waals surface area contributed by atoms with Gasteiger partial charge in [-0.05, 0) is 19.1 Å². The number of halogens is 1. The zero-order valence-corrected chi connectivity index (χ0v) is 8.95. The van der Waals surface area contributed by atoms with Crippen molar-refractivity contribution < 1.29 is 13.9 Å². The van der Waals surface area contributed by atoms with Crippen molar-refractivity contribution in [2.75, 3.05) is 12.4 Å². The highest BCUT2D eigenvalue weighted by molar-refractivity contribution is 5.95. The van der Waals surface area contributed by atoms with Crippen molar-refractivity contribution in [3.05, 3.63) is 24.0 Å². The number of hydrogen-bond acceptors (Lipinski definition) is 3. The van der Waals surface area contributed by atoms with Crippen molar-refractivity contribution in [1.82, 2.24) is 0 Å². The first kappa shape index (κ1) is 12.0. The van der Waals surface area contributed by atoms with Crippen LogP contribution in [0.5, 0.6) is 5.75 Å². The lowest BCUT2D eigenvalue weighted by molar-refractivity contribution is -0.117. The normalized spacial score (nSPS) is 11.4. The van der Waals surface area contributed by atoms with Gasteiger partial charge in [0.1, 0.15) is 17.5 Å². The summed E-state index contributed by atoms with van der Waals surface area (Å²) in [6.45, 7) is 1.48. The molecule has 5 heteroatoms. The number of carbonyl (C=O) groups is 1. The van der Waals surface area contributed by atoms with Crippen LogP contribution in [-0.2, 0) is 4.79 Å². The molecule has 0 saturated carbocycles. The van der Waals surface area contributed by atoms with Crippen molar-refractivity contribution in [2.45, 2.75) is 6.92 Å². The number of nitrogens with one attached hydrogen (secondary N) is 1. The van der Waals surface area contributed by atoms with Crippen LogP contribution in [0, 0.1) is 23.1 Å². The molecule has 4 nitrogen and oxygen atoms in total. The molecule has 16 heavy (non-hydrogen) atoms. The molecule has 0 saturated heterocycles. The Morgan fingerprint density at radius 1 is 1.62 bits per heavy atom. The Labute approximate surface area is 92.6 Å². The molecule has 1 aromatic rings. The SMILES string of the molecule is COc1cc(F)ccc1NC(=O)C(C)C#N. The monoisotopic (exact) mass is 222 g/mol. The highest BCUT2D eigenvalue weighted by Gasteiger charge is 2.14. The third-order valence-corrected chi connectivity index (χ3v) is 2.01. The van der Waals surface area contributed by atoms with E-state index in [0.29, 0.717) is 5.69 Å². The van der Waals surface area contributed by atoms with E-state index < -0.39 is 17.6 Å². The molecule has 1 aromatic carbocycles. The molecule has 1 unspecified atom stereocenters. The summed E-state index contributed by atoms with van der Waals surface area (Å²) in [7, 11) is 1.37. The van der Waals surface area contributed by atoms with E-state index in [1.54, 1.807) is 6.07 Å². The van der Waals surface area contributed by atoms with Gasteiger partial charge in [0.05, 0.1) is 18.9 Å². The van der Waals surface area contributed by atoms with Crippen LogP contribution in [-0.4, -0.2) is 13.0 Å². The maximum atomic E-state index is 12.9. The molecule has 0 radical (unpaired) electrons. The van der Waals surface area contributed by atoms with Gasteiger partial charge in [-0.1, -0.05) is 0 Å². The van der Waals surface area contributed by atoms with Gasteiger partial charge in [-0.3, -0.25) is 4.79 Å². The minimum absolute atomic E-state index is 0.221. The number of carbonyl (C=O) groups excluding carboxylic acids is 1. The minimum atomic E-state index is -0.769. The zero-order chi connectivity index (χ0) is 12.1. The van der Waals surface area contributed by atoms with Crippen LogP contribution < -0.4 is 10.1 Å². The van der Waals surface area contributed by atoms with Crippen LogP contribution in [0.2, 0.25) is 0 Å². The summed E-state index contributed by atoms with van der Waals surface area (Å²) < 4.78 is 17.8. The summed E-state index contributed by atoms with van der Waals surface area (Å²) in [5.41, 5.74) is 0.344.